The Morgan fingerprint density at radius 1 is 1.19 bits per heavy atom. The number of hydrogen-bond acceptors (Lipinski definition) is 6. The Morgan fingerprint density at radius 3 is 2.81 bits per heavy atom. The van der Waals surface area contributed by atoms with Crippen molar-refractivity contribution in [1.82, 2.24) is 24.7 Å². The molecule has 2 aromatic heterocycles. The number of nitrogens with zero attached hydrogens (tertiary/aromatic N) is 6. The third-order valence-corrected chi connectivity index (χ3v) is 3.65. The van der Waals surface area contributed by atoms with Gasteiger partial charge in [-0.05, 0) is 26.2 Å². The Labute approximate surface area is 124 Å². The van der Waals surface area contributed by atoms with Crippen molar-refractivity contribution < 1.29 is 0 Å². The zero-order chi connectivity index (χ0) is 14.5. The fraction of sp³-hybridized carbons (Fsp3) is 0.571. The van der Waals surface area contributed by atoms with Crippen LogP contribution in [-0.4, -0.2) is 43.9 Å². The molecule has 21 heavy (non-hydrogen) atoms. The molecule has 1 atom stereocenters. The minimum Gasteiger partial charge on any atom is -0.366 e. The lowest BCUT2D eigenvalue weighted by Crippen LogP contribution is -2.30. The van der Waals surface area contributed by atoms with Crippen molar-refractivity contribution in [3.63, 3.8) is 0 Å². The Morgan fingerprint density at radius 2 is 2.05 bits per heavy atom. The van der Waals surface area contributed by atoms with Crippen LogP contribution in [0.1, 0.15) is 26.2 Å². The van der Waals surface area contributed by atoms with Crippen LogP contribution < -0.4 is 10.2 Å². The Bertz CT molecular complexity index is 548. The molecule has 1 fully saturated rings. The van der Waals surface area contributed by atoms with E-state index >= 15 is 0 Å². The average molecular weight is 287 g/mol. The summed E-state index contributed by atoms with van der Waals surface area (Å²) in [6.07, 6.45) is 8.71. The molecule has 1 saturated heterocycles. The van der Waals surface area contributed by atoms with E-state index in [9.17, 15) is 0 Å². The lowest BCUT2D eigenvalue weighted by Gasteiger charge is -2.27. The van der Waals surface area contributed by atoms with Crippen LogP contribution in [0.4, 0.5) is 11.6 Å². The highest BCUT2D eigenvalue weighted by atomic mass is 15.3. The van der Waals surface area contributed by atoms with Crippen molar-refractivity contribution in [2.45, 2.75) is 38.8 Å². The molecule has 0 saturated carbocycles. The molecule has 0 aromatic carbocycles. The molecule has 0 aliphatic carbocycles. The fourth-order valence-electron chi connectivity index (χ4n) is 2.63. The van der Waals surface area contributed by atoms with Crippen LogP contribution in [0.15, 0.2) is 25.0 Å². The van der Waals surface area contributed by atoms with Crippen molar-refractivity contribution in [2.75, 3.05) is 23.3 Å². The van der Waals surface area contributed by atoms with Gasteiger partial charge in [0.15, 0.2) is 0 Å². The largest absolute Gasteiger partial charge is 0.366 e. The normalized spacial score (nSPS) is 16.7. The summed E-state index contributed by atoms with van der Waals surface area (Å²) in [4.78, 5) is 15.0. The van der Waals surface area contributed by atoms with Crippen molar-refractivity contribution in [3.8, 4) is 0 Å². The predicted octanol–water partition coefficient (Wildman–Crippen LogP) is 1.56. The first-order chi connectivity index (χ1) is 10.3. The molecular weight excluding hydrogens is 266 g/mol. The summed E-state index contributed by atoms with van der Waals surface area (Å²) in [6, 6.07) is 2.25. The van der Waals surface area contributed by atoms with Crippen molar-refractivity contribution in [2.24, 2.45) is 0 Å². The molecule has 112 valence electrons. The molecule has 1 N–H and O–H groups in total. The zero-order valence-corrected chi connectivity index (χ0v) is 12.3. The van der Waals surface area contributed by atoms with Gasteiger partial charge in [0, 0.05) is 25.2 Å². The van der Waals surface area contributed by atoms with Crippen LogP contribution in [0.2, 0.25) is 0 Å². The van der Waals surface area contributed by atoms with Gasteiger partial charge in [-0.15, -0.1) is 0 Å². The lowest BCUT2D eigenvalue weighted by molar-refractivity contribution is 0.557. The number of rotatable bonds is 5. The van der Waals surface area contributed by atoms with E-state index in [-0.39, 0.29) is 6.04 Å². The highest BCUT2D eigenvalue weighted by molar-refractivity contribution is 5.48. The second-order valence-corrected chi connectivity index (χ2v) is 5.47. The van der Waals surface area contributed by atoms with Gasteiger partial charge in [0.05, 0.1) is 6.54 Å². The summed E-state index contributed by atoms with van der Waals surface area (Å²) < 4.78 is 1.81. The number of hydrogen-bond donors (Lipinski definition) is 1. The Kier molecular flexibility index (Phi) is 4.28. The molecule has 1 aliphatic rings. The van der Waals surface area contributed by atoms with E-state index in [4.69, 9.17) is 0 Å². The van der Waals surface area contributed by atoms with Crippen molar-refractivity contribution in [1.29, 1.82) is 0 Å². The first kappa shape index (κ1) is 13.8. The van der Waals surface area contributed by atoms with Gasteiger partial charge in [-0.25, -0.2) is 15.0 Å². The van der Waals surface area contributed by atoms with Crippen molar-refractivity contribution in [3.05, 3.63) is 25.0 Å². The second-order valence-electron chi connectivity index (χ2n) is 5.47. The Balaban J connectivity index is 1.62. The maximum atomic E-state index is 4.39. The summed E-state index contributed by atoms with van der Waals surface area (Å²) in [5.74, 6) is 1.87. The van der Waals surface area contributed by atoms with Gasteiger partial charge in [0.25, 0.3) is 0 Å². The minimum atomic E-state index is 0.218. The van der Waals surface area contributed by atoms with Gasteiger partial charge < -0.3 is 10.2 Å². The first-order valence-corrected chi connectivity index (χ1v) is 7.47. The van der Waals surface area contributed by atoms with Crippen LogP contribution in [0.25, 0.3) is 0 Å². The van der Waals surface area contributed by atoms with Crippen LogP contribution in [0.3, 0.4) is 0 Å². The van der Waals surface area contributed by atoms with E-state index in [1.54, 1.807) is 19.0 Å². The topological polar surface area (TPSA) is 71.8 Å². The number of aromatic nitrogens is 5. The van der Waals surface area contributed by atoms with E-state index < -0.39 is 0 Å². The highest BCUT2D eigenvalue weighted by Crippen LogP contribution is 2.19. The number of piperidine rings is 1. The molecule has 0 unspecified atom stereocenters. The summed E-state index contributed by atoms with van der Waals surface area (Å²) in [7, 11) is 0. The standard InChI is InChI=1S/C14H21N7/c1-12(8-21-11-15-9-18-21)19-13-7-14(17-10-16-13)20-5-3-2-4-6-20/h7,9-12H,2-6,8H2,1H3,(H,16,17,19)/t12-/m1/s1. The average Bonchev–Trinajstić information content (AvgIpc) is 3.01. The fourth-order valence-corrected chi connectivity index (χ4v) is 2.63. The zero-order valence-electron chi connectivity index (χ0n) is 12.3. The lowest BCUT2D eigenvalue weighted by atomic mass is 10.1. The molecule has 3 rings (SSSR count). The second kappa shape index (κ2) is 6.51. The van der Waals surface area contributed by atoms with Crippen LogP contribution in [0.5, 0.6) is 0 Å². The molecular formula is C14H21N7. The number of nitrogens with one attached hydrogen (secondary N) is 1. The van der Waals surface area contributed by atoms with Gasteiger partial charge in [0.2, 0.25) is 0 Å². The van der Waals surface area contributed by atoms with E-state index in [1.807, 2.05) is 10.7 Å². The molecule has 7 heteroatoms. The maximum Gasteiger partial charge on any atom is 0.137 e. The molecule has 2 aromatic rings. The minimum absolute atomic E-state index is 0.218. The van der Waals surface area contributed by atoms with E-state index in [2.05, 4.69) is 37.2 Å². The summed E-state index contributed by atoms with van der Waals surface area (Å²) in [6.45, 7) is 5.03. The highest BCUT2D eigenvalue weighted by Gasteiger charge is 2.13. The van der Waals surface area contributed by atoms with Crippen LogP contribution in [0, 0.1) is 0 Å². The van der Waals surface area contributed by atoms with Crippen LogP contribution in [-0.2, 0) is 6.54 Å². The Hall–Kier alpha value is -2.18. The number of anilines is 2. The molecule has 3 heterocycles. The van der Waals surface area contributed by atoms with E-state index in [1.165, 1.54) is 19.3 Å². The van der Waals surface area contributed by atoms with Gasteiger partial charge >= 0.3 is 0 Å². The third-order valence-electron chi connectivity index (χ3n) is 3.65. The molecule has 0 radical (unpaired) electrons. The molecule has 0 amide bonds. The van der Waals surface area contributed by atoms with Gasteiger partial charge in [-0.1, -0.05) is 0 Å². The molecule has 0 bridgehead atoms. The predicted molar refractivity (Wildman–Crippen MR) is 81.2 cm³/mol. The molecule has 7 nitrogen and oxygen atoms in total. The van der Waals surface area contributed by atoms with E-state index in [0.29, 0.717) is 0 Å². The van der Waals surface area contributed by atoms with E-state index in [0.717, 1.165) is 31.3 Å². The van der Waals surface area contributed by atoms with Gasteiger partial charge in [-0.3, -0.25) is 4.68 Å². The monoisotopic (exact) mass is 287 g/mol. The smallest absolute Gasteiger partial charge is 0.137 e. The van der Waals surface area contributed by atoms with Crippen LogP contribution >= 0.6 is 0 Å². The van der Waals surface area contributed by atoms with Gasteiger partial charge in [-0.2, -0.15) is 5.10 Å². The quantitative estimate of drug-likeness (QED) is 0.900. The van der Waals surface area contributed by atoms with Gasteiger partial charge in [0.1, 0.15) is 30.6 Å². The SMILES string of the molecule is C[C@H](Cn1cncn1)Nc1cc(N2CCCCC2)ncn1. The summed E-state index contributed by atoms with van der Waals surface area (Å²) in [5.41, 5.74) is 0. The maximum absolute atomic E-state index is 4.39. The summed E-state index contributed by atoms with van der Waals surface area (Å²) >= 11 is 0. The van der Waals surface area contributed by atoms with Crippen molar-refractivity contribution >= 4 is 11.6 Å². The summed E-state index contributed by atoms with van der Waals surface area (Å²) in [5, 5.41) is 7.51. The molecule has 1 aliphatic heterocycles. The molecule has 0 spiro atoms. The third kappa shape index (κ3) is 3.68. The first-order valence-electron chi connectivity index (χ1n) is 7.47.